The first kappa shape index (κ1) is 23.2. The number of likely N-dealkylation sites (N-methyl/N-ethyl adjacent to an activating group) is 1. The van der Waals surface area contributed by atoms with Crippen molar-refractivity contribution in [2.45, 2.75) is 44.2 Å². The molecule has 0 radical (unpaired) electrons. The summed E-state index contributed by atoms with van der Waals surface area (Å²) in [6.07, 6.45) is 4.79. The summed E-state index contributed by atoms with van der Waals surface area (Å²) in [7, 11) is 4.22. The number of benzene rings is 1. The number of hydrogen-bond acceptors (Lipinski definition) is 3. The lowest BCUT2D eigenvalue weighted by Gasteiger charge is -2.37. The van der Waals surface area contributed by atoms with Crippen molar-refractivity contribution in [2.24, 2.45) is 11.7 Å². The van der Waals surface area contributed by atoms with Gasteiger partial charge in [-0.2, -0.15) is 0 Å². The molecule has 1 aromatic carbocycles. The van der Waals surface area contributed by atoms with Crippen LogP contribution in [0.1, 0.15) is 44.2 Å². The number of nitrogens with two attached hydrogens (primary N) is 1. The minimum absolute atomic E-state index is 0. The van der Waals surface area contributed by atoms with Gasteiger partial charge in [0.2, 0.25) is 5.91 Å². The third kappa shape index (κ3) is 5.35. The molecule has 1 aliphatic carbocycles. The second-order valence-corrected chi connectivity index (χ2v) is 6.77. The number of nitrogens with zero attached hydrogens (tertiary/aromatic N) is 1. The zero-order valence-electron chi connectivity index (χ0n) is 14.8. The van der Waals surface area contributed by atoms with Crippen LogP contribution in [0.2, 0.25) is 0 Å². The molecule has 138 valence electrons. The van der Waals surface area contributed by atoms with E-state index in [1.54, 1.807) is 0 Å². The van der Waals surface area contributed by atoms with E-state index >= 15 is 0 Å². The van der Waals surface area contributed by atoms with Crippen LogP contribution in [0.5, 0.6) is 0 Å². The van der Waals surface area contributed by atoms with Crippen LogP contribution >= 0.6 is 24.8 Å². The molecule has 2 atom stereocenters. The number of amides is 1. The van der Waals surface area contributed by atoms with Crippen molar-refractivity contribution in [1.82, 2.24) is 10.2 Å². The minimum atomic E-state index is -0.264. The molecule has 2 rings (SSSR count). The van der Waals surface area contributed by atoms with E-state index in [4.69, 9.17) is 5.73 Å². The number of nitrogens with one attached hydrogen (secondary N) is 1. The van der Waals surface area contributed by atoms with Gasteiger partial charge in [0, 0.05) is 18.1 Å². The van der Waals surface area contributed by atoms with Crippen molar-refractivity contribution in [2.75, 3.05) is 20.6 Å². The van der Waals surface area contributed by atoms with Gasteiger partial charge >= 0.3 is 0 Å². The Bertz CT molecular complexity index is 490. The Morgan fingerprint density at radius 3 is 2.25 bits per heavy atom. The van der Waals surface area contributed by atoms with Crippen molar-refractivity contribution in [3.63, 3.8) is 0 Å². The monoisotopic (exact) mass is 375 g/mol. The molecule has 1 aromatic rings. The van der Waals surface area contributed by atoms with Gasteiger partial charge in [-0.3, -0.25) is 4.79 Å². The maximum atomic E-state index is 12.5. The van der Waals surface area contributed by atoms with Gasteiger partial charge in [-0.05, 0) is 32.5 Å². The van der Waals surface area contributed by atoms with Gasteiger partial charge in [0.05, 0.1) is 5.92 Å². The van der Waals surface area contributed by atoms with Crippen LogP contribution in [0.4, 0.5) is 0 Å². The van der Waals surface area contributed by atoms with Crippen LogP contribution in [0.25, 0.3) is 0 Å². The molecule has 4 nitrogen and oxygen atoms in total. The zero-order valence-corrected chi connectivity index (χ0v) is 16.5. The van der Waals surface area contributed by atoms with Crippen LogP contribution in [0.15, 0.2) is 30.3 Å². The van der Waals surface area contributed by atoms with E-state index in [1.165, 1.54) is 12.8 Å². The molecule has 0 bridgehead atoms. The predicted octanol–water partition coefficient (Wildman–Crippen LogP) is 3.16. The Hall–Kier alpha value is -0.810. The molecular formula is C18H31Cl2N3O. The molecule has 0 aromatic heterocycles. The third-order valence-electron chi connectivity index (χ3n) is 5.21. The van der Waals surface area contributed by atoms with Gasteiger partial charge < -0.3 is 16.0 Å². The molecular weight excluding hydrogens is 345 g/mol. The second kappa shape index (κ2) is 10.2. The highest BCUT2D eigenvalue weighted by Gasteiger charge is 2.36. The van der Waals surface area contributed by atoms with Gasteiger partial charge in [-0.1, -0.05) is 50.1 Å². The van der Waals surface area contributed by atoms with Crippen molar-refractivity contribution in [1.29, 1.82) is 0 Å². The molecule has 1 saturated carbocycles. The number of hydrogen-bond donors (Lipinski definition) is 2. The highest BCUT2D eigenvalue weighted by atomic mass is 35.5. The van der Waals surface area contributed by atoms with Crippen molar-refractivity contribution in [3.8, 4) is 0 Å². The minimum Gasteiger partial charge on any atom is -0.354 e. The Kier molecular flexibility index (Phi) is 9.90. The second-order valence-electron chi connectivity index (χ2n) is 6.77. The number of carbonyl (C=O) groups excluding carboxylic acids is 1. The number of halogens is 2. The SMILES string of the molecule is CC(C(=O)NCC1(N(C)C)CCCC1)C(N)c1ccccc1.Cl.Cl. The lowest BCUT2D eigenvalue weighted by molar-refractivity contribution is -0.125. The summed E-state index contributed by atoms with van der Waals surface area (Å²) in [5, 5.41) is 3.14. The third-order valence-corrected chi connectivity index (χ3v) is 5.21. The lowest BCUT2D eigenvalue weighted by Crippen LogP contribution is -2.52. The summed E-state index contributed by atoms with van der Waals surface area (Å²) < 4.78 is 0. The quantitative estimate of drug-likeness (QED) is 0.802. The van der Waals surface area contributed by atoms with E-state index < -0.39 is 0 Å². The highest BCUT2D eigenvalue weighted by molar-refractivity contribution is 5.85. The van der Waals surface area contributed by atoms with Crippen LogP contribution < -0.4 is 11.1 Å². The van der Waals surface area contributed by atoms with Crippen molar-refractivity contribution >= 4 is 30.7 Å². The predicted molar refractivity (Wildman–Crippen MR) is 105 cm³/mol. The maximum absolute atomic E-state index is 12.5. The summed E-state index contributed by atoms with van der Waals surface area (Å²) in [6, 6.07) is 9.57. The summed E-state index contributed by atoms with van der Waals surface area (Å²) in [5.41, 5.74) is 7.37. The molecule has 24 heavy (non-hydrogen) atoms. The topological polar surface area (TPSA) is 58.4 Å². The summed E-state index contributed by atoms with van der Waals surface area (Å²) >= 11 is 0. The van der Waals surface area contributed by atoms with Gasteiger partial charge in [-0.15, -0.1) is 24.8 Å². The molecule has 1 aliphatic rings. The van der Waals surface area contributed by atoms with Gasteiger partial charge in [0.1, 0.15) is 0 Å². The molecule has 0 saturated heterocycles. The molecule has 2 unspecified atom stereocenters. The van der Waals surface area contributed by atoms with E-state index in [-0.39, 0.29) is 48.2 Å². The summed E-state index contributed by atoms with van der Waals surface area (Å²) in [5.74, 6) is -0.188. The van der Waals surface area contributed by atoms with E-state index in [0.29, 0.717) is 6.54 Å². The number of rotatable bonds is 6. The van der Waals surface area contributed by atoms with Crippen LogP contribution in [0, 0.1) is 5.92 Å². The normalized spacial score (nSPS) is 18.2. The highest BCUT2D eigenvalue weighted by Crippen LogP contribution is 2.33. The maximum Gasteiger partial charge on any atom is 0.224 e. The Labute approximate surface area is 158 Å². The lowest BCUT2D eigenvalue weighted by atomic mass is 9.93. The van der Waals surface area contributed by atoms with Crippen molar-refractivity contribution < 1.29 is 4.79 Å². The Morgan fingerprint density at radius 2 is 1.75 bits per heavy atom. The molecule has 1 amide bonds. The molecule has 6 heteroatoms. The average molecular weight is 376 g/mol. The fourth-order valence-electron chi connectivity index (χ4n) is 3.35. The van der Waals surface area contributed by atoms with Gasteiger partial charge in [-0.25, -0.2) is 0 Å². The summed E-state index contributed by atoms with van der Waals surface area (Å²) in [4.78, 5) is 14.7. The van der Waals surface area contributed by atoms with Gasteiger partial charge in [0.15, 0.2) is 0 Å². The zero-order chi connectivity index (χ0) is 16.2. The van der Waals surface area contributed by atoms with Crippen LogP contribution in [0.3, 0.4) is 0 Å². The first-order valence-corrected chi connectivity index (χ1v) is 8.22. The Balaban J connectivity index is 0.00000264. The van der Waals surface area contributed by atoms with E-state index in [0.717, 1.165) is 18.4 Å². The fraction of sp³-hybridized carbons (Fsp3) is 0.611. The van der Waals surface area contributed by atoms with E-state index in [9.17, 15) is 4.79 Å². The Morgan fingerprint density at radius 1 is 1.21 bits per heavy atom. The van der Waals surface area contributed by atoms with Crippen LogP contribution in [-0.4, -0.2) is 37.0 Å². The molecule has 3 N–H and O–H groups in total. The fourth-order valence-corrected chi connectivity index (χ4v) is 3.35. The van der Waals surface area contributed by atoms with Crippen molar-refractivity contribution in [3.05, 3.63) is 35.9 Å². The van der Waals surface area contributed by atoms with E-state index in [2.05, 4.69) is 24.3 Å². The smallest absolute Gasteiger partial charge is 0.224 e. The van der Waals surface area contributed by atoms with Gasteiger partial charge in [0.25, 0.3) is 0 Å². The van der Waals surface area contributed by atoms with Crippen LogP contribution in [-0.2, 0) is 4.79 Å². The number of carbonyl (C=O) groups is 1. The molecule has 0 heterocycles. The first-order valence-electron chi connectivity index (χ1n) is 8.22. The largest absolute Gasteiger partial charge is 0.354 e. The molecule has 0 aliphatic heterocycles. The molecule has 0 spiro atoms. The molecule has 1 fully saturated rings. The first-order chi connectivity index (χ1) is 10.5. The van der Waals surface area contributed by atoms with E-state index in [1.807, 2.05) is 37.3 Å². The standard InChI is InChI=1S/C18H29N3O.2ClH/c1-14(16(19)15-9-5-4-6-10-15)17(22)20-13-18(21(2)3)11-7-8-12-18;;/h4-6,9-10,14,16H,7-8,11-13,19H2,1-3H3,(H,20,22);2*1H. The summed E-state index contributed by atoms with van der Waals surface area (Å²) in [6.45, 7) is 2.62. The average Bonchev–Trinajstić information content (AvgIpc) is 3.02.